The Morgan fingerprint density at radius 2 is 2.00 bits per heavy atom. The SMILES string of the molecule is CC(C#N)S(=O)(=O)NCc1ccc(Br)cc1. The van der Waals surface area contributed by atoms with E-state index < -0.39 is 15.3 Å². The topological polar surface area (TPSA) is 70.0 Å². The van der Waals surface area contributed by atoms with Crippen LogP contribution in [0.4, 0.5) is 0 Å². The summed E-state index contributed by atoms with van der Waals surface area (Å²) in [5.41, 5.74) is 0.844. The fraction of sp³-hybridized carbons (Fsp3) is 0.300. The van der Waals surface area contributed by atoms with Crippen LogP contribution in [0, 0.1) is 11.3 Å². The van der Waals surface area contributed by atoms with Gasteiger partial charge < -0.3 is 0 Å². The fourth-order valence-electron chi connectivity index (χ4n) is 0.981. The molecule has 0 bridgehead atoms. The molecule has 16 heavy (non-hydrogen) atoms. The van der Waals surface area contributed by atoms with Gasteiger partial charge in [-0.3, -0.25) is 0 Å². The summed E-state index contributed by atoms with van der Waals surface area (Å²) in [5, 5.41) is 7.49. The number of nitrogens with zero attached hydrogens (tertiary/aromatic N) is 1. The molecule has 0 amide bonds. The van der Waals surface area contributed by atoms with Crippen LogP contribution in [0.2, 0.25) is 0 Å². The molecule has 0 spiro atoms. The normalized spacial score (nSPS) is 13.1. The summed E-state index contributed by atoms with van der Waals surface area (Å²) in [5.74, 6) is 0. The van der Waals surface area contributed by atoms with Crippen LogP contribution in [-0.4, -0.2) is 13.7 Å². The van der Waals surface area contributed by atoms with E-state index in [-0.39, 0.29) is 6.54 Å². The third-order valence-corrected chi connectivity index (χ3v) is 4.15. The van der Waals surface area contributed by atoms with Crippen molar-refractivity contribution in [2.24, 2.45) is 0 Å². The highest BCUT2D eigenvalue weighted by Gasteiger charge is 2.19. The van der Waals surface area contributed by atoms with E-state index in [0.717, 1.165) is 10.0 Å². The van der Waals surface area contributed by atoms with Crippen LogP contribution in [0.5, 0.6) is 0 Å². The molecule has 1 unspecified atom stereocenters. The number of rotatable bonds is 4. The zero-order valence-electron chi connectivity index (χ0n) is 8.64. The molecule has 0 fully saturated rings. The van der Waals surface area contributed by atoms with Gasteiger partial charge >= 0.3 is 0 Å². The molecule has 1 aromatic rings. The lowest BCUT2D eigenvalue weighted by Crippen LogP contribution is -2.31. The molecule has 0 aliphatic rings. The van der Waals surface area contributed by atoms with Crippen molar-refractivity contribution in [3.05, 3.63) is 34.3 Å². The Morgan fingerprint density at radius 1 is 1.44 bits per heavy atom. The molecule has 6 heteroatoms. The molecule has 0 radical (unpaired) electrons. The van der Waals surface area contributed by atoms with E-state index in [1.54, 1.807) is 6.07 Å². The van der Waals surface area contributed by atoms with Gasteiger partial charge in [0.05, 0.1) is 6.07 Å². The number of hydrogen-bond donors (Lipinski definition) is 1. The number of nitrogens with one attached hydrogen (secondary N) is 1. The van der Waals surface area contributed by atoms with Crippen molar-refractivity contribution >= 4 is 26.0 Å². The van der Waals surface area contributed by atoms with Gasteiger partial charge in [-0.25, -0.2) is 13.1 Å². The molecule has 0 heterocycles. The molecule has 1 aromatic carbocycles. The lowest BCUT2D eigenvalue weighted by atomic mass is 10.2. The lowest BCUT2D eigenvalue weighted by Gasteiger charge is -2.07. The van der Waals surface area contributed by atoms with E-state index in [0.29, 0.717) is 0 Å². The number of halogens is 1. The van der Waals surface area contributed by atoms with Crippen LogP contribution >= 0.6 is 15.9 Å². The van der Waals surface area contributed by atoms with Crippen molar-refractivity contribution in [3.8, 4) is 6.07 Å². The third-order valence-electron chi connectivity index (χ3n) is 2.04. The van der Waals surface area contributed by atoms with Gasteiger partial charge in [0.25, 0.3) is 0 Å². The average molecular weight is 303 g/mol. The maximum atomic E-state index is 11.5. The first-order chi connectivity index (χ1) is 7.45. The van der Waals surface area contributed by atoms with Crippen molar-refractivity contribution < 1.29 is 8.42 Å². The summed E-state index contributed by atoms with van der Waals surface area (Å²) >= 11 is 3.29. The maximum absolute atomic E-state index is 11.5. The highest BCUT2D eigenvalue weighted by molar-refractivity contribution is 9.10. The summed E-state index contributed by atoms with van der Waals surface area (Å²) in [7, 11) is -3.54. The van der Waals surface area contributed by atoms with E-state index in [4.69, 9.17) is 5.26 Å². The maximum Gasteiger partial charge on any atom is 0.227 e. The zero-order valence-corrected chi connectivity index (χ0v) is 11.0. The van der Waals surface area contributed by atoms with E-state index >= 15 is 0 Å². The molecule has 0 aliphatic carbocycles. The Kier molecular flexibility index (Phi) is 4.47. The Bertz CT molecular complexity index is 491. The largest absolute Gasteiger partial charge is 0.227 e. The second kappa shape index (κ2) is 5.43. The predicted molar refractivity (Wildman–Crippen MR) is 65.0 cm³/mol. The fourth-order valence-corrected chi connectivity index (χ4v) is 2.00. The minimum absolute atomic E-state index is 0.196. The summed E-state index contributed by atoms with van der Waals surface area (Å²) in [6.45, 7) is 1.55. The van der Waals surface area contributed by atoms with Crippen LogP contribution in [-0.2, 0) is 16.6 Å². The average Bonchev–Trinajstić information content (AvgIpc) is 2.27. The molecular formula is C10H11BrN2O2S. The predicted octanol–water partition coefficient (Wildman–Crippen LogP) is 1.78. The van der Waals surface area contributed by atoms with Crippen molar-refractivity contribution in [1.29, 1.82) is 5.26 Å². The molecule has 86 valence electrons. The van der Waals surface area contributed by atoms with Gasteiger partial charge in [0.1, 0.15) is 0 Å². The summed E-state index contributed by atoms with van der Waals surface area (Å²) in [6.07, 6.45) is 0. The van der Waals surface area contributed by atoms with Crippen LogP contribution in [0.25, 0.3) is 0 Å². The van der Waals surface area contributed by atoms with Gasteiger partial charge in [0.15, 0.2) is 5.25 Å². The number of nitriles is 1. The van der Waals surface area contributed by atoms with E-state index in [2.05, 4.69) is 20.7 Å². The van der Waals surface area contributed by atoms with Gasteiger partial charge in [-0.15, -0.1) is 0 Å². The van der Waals surface area contributed by atoms with Crippen molar-refractivity contribution in [3.63, 3.8) is 0 Å². The smallest absolute Gasteiger partial charge is 0.211 e. The van der Waals surface area contributed by atoms with Crippen LogP contribution < -0.4 is 4.72 Å². The summed E-state index contributed by atoms with van der Waals surface area (Å²) < 4.78 is 26.2. The Balaban J connectivity index is 2.66. The highest BCUT2D eigenvalue weighted by atomic mass is 79.9. The first-order valence-corrected chi connectivity index (χ1v) is 6.92. The highest BCUT2D eigenvalue weighted by Crippen LogP contribution is 2.10. The Hall–Kier alpha value is -0.900. The van der Waals surface area contributed by atoms with Crippen molar-refractivity contribution in [2.75, 3.05) is 0 Å². The zero-order chi connectivity index (χ0) is 12.2. The van der Waals surface area contributed by atoms with E-state index in [9.17, 15) is 8.42 Å². The number of hydrogen-bond acceptors (Lipinski definition) is 3. The molecule has 1 atom stereocenters. The quantitative estimate of drug-likeness (QED) is 0.921. The first-order valence-electron chi connectivity index (χ1n) is 4.58. The standard InChI is InChI=1S/C10H11BrN2O2S/c1-8(6-12)16(14,15)13-7-9-2-4-10(11)5-3-9/h2-5,8,13H,7H2,1H3. The van der Waals surface area contributed by atoms with Crippen LogP contribution in [0.3, 0.4) is 0 Å². The third kappa shape index (κ3) is 3.59. The molecule has 1 N–H and O–H groups in total. The Morgan fingerprint density at radius 3 is 2.50 bits per heavy atom. The summed E-state index contributed by atoms with van der Waals surface area (Å²) in [4.78, 5) is 0. The van der Waals surface area contributed by atoms with E-state index in [1.807, 2.05) is 24.3 Å². The lowest BCUT2D eigenvalue weighted by molar-refractivity contribution is 0.577. The van der Waals surface area contributed by atoms with Crippen molar-refractivity contribution in [1.82, 2.24) is 4.72 Å². The van der Waals surface area contributed by atoms with Gasteiger partial charge in [0.2, 0.25) is 10.0 Å². The molecular weight excluding hydrogens is 292 g/mol. The van der Waals surface area contributed by atoms with Crippen molar-refractivity contribution in [2.45, 2.75) is 18.7 Å². The van der Waals surface area contributed by atoms with Gasteiger partial charge in [0, 0.05) is 11.0 Å². The molecule has 0 saturated heterocycles. The second-order valence-electron chi connectivity index (χ2n) is 3.26. The molecule has 4 nitrogen and oxygen atoms in total. The van der Waals surface area contributed by atoms with E-state index in [1.165, 1.54) is 6.92 Å². The van der Waals surface area contributed by atoms with Gasteiger partial charge in [-0.05, 0) is 24.6 Å². The molecule has 1 rings (SSSR count). The monoisotopic (exact) mass is 302 g/mol. The molecule has 0 saturated carbocycles. The second-order valence-corrected chi connectivity index (χ2v) is 6.27. The minimum atomic E-state index is -3.54. The molecule has 0 aromatic heterocycles. The molecule has 0 aliphatic heterocycles. The van der Waals surface area contributed by atoms with Crippen LogP contribution in [0.1, 0.15) is 12.5 Å². The summed E-state index contributed by atoms with van der Waals surface area (Å²) in [6, 6.07) is 8.97. The van der Waals surface area contributed by atoms with Gasteiger partial charge in [-0.1, -0.05) is 28.1 Å². The minimum Gasteiger partial charge on any atom is -0.211 e. The number of benzene rings is 1. The first kappa shape index (κ1) is 13.2. The van der Waals surface area contributed by atoms with Gasteiger partial charge in [-0.2, -0.15) is 5.26 Å². The van der Waals surface area contributed by atoms with Crippen LogP contribution in [0.15, 0.2) is 28.7 Å². The Labute approximate surface area is 103 Å². The number of sulfonamides is 1.